The summed E-state index contributed by atoms with van der Waals surface area (Å²) in [5, 5.41) is 0. The third-order valence-electron chi connectivity index (χ3n) is 6.36. The van der Waals surface area contributed by atoms with Crippen LogP contribution in [0.1, 0.15) is 86.0 Å². The maximum Gasteiger partial charge on any atom is 0.410 e. The van der Waals surface area contributed by atoms with Crippen molar-refractivity contribution in [2.45, 2.75) is 103 Å². The van der Waals surface area contributed by atoms with Crippen LogP contribution >= 0.6 is 27.3 Å². The number of likely N-dealkylation sites (tertiary alicyclic amines) is 1. The number of piperidine rings is 1. The molecule has 4 nitrogen and oxygen atoms in total. The fraction of sp³-hybridized carbons (Fsp3) is 0.818. The fourth-order valence-electron chi connectivity index (χ4n) is 5.14. The van der Waals surface area contributed by atoms with E-state index >= 15 is 0 Å². The average Bonchev–Trinajstić information content (AvgIpc) is 2.94. The zero-order chi connectivity index (χ0) is 22.1. The summed E-state index contributed by atoms with van der Waals surface area (Å²) in [7, 11) is -1.74. The van der Waals surface area contributed by atoms with Crippen molar-refractivity contribution in [1.82, 2.24) is 9.88 Å². The highest BCUT2D eigenvalue weighted by Crippen LogP contribution is 2.44. The number of carbonyl (C=O) groups excluding carboxylic acids is 1. The summed E-state index contributed by atoms with van der Waals surface area (Å²) in [6, 6.07) is 0. The van der Waals surface area contributed by atoms with E-state index in [9.17, 15) is 4.79 Å². The number of nitrogens with zero attached hydrogens (tertiary/aromatic N) is 2. The molecule has 1 aliphatic heterocycles. The molecule has 0 N–H and O–H groups in total. The molecule has 0 radical (unpaired) electrons. The number of hydrogen-bond donors (Lipinski definition) is 0. The van der Waals surface area contributed by atoms with Gasteiger partial charge in [0.1, 0.15) is 18.3 Å². The highest BCUT2D eigenvalue weighted by atomic mass is 79.9. The van der Waals surface area contributed by atoms with Crippen molar-refractivity contribution in [3.05, 3.63) is 9.48 Å². The van der Waals surface area contributed by atoms with Crippen molar-refractivity contribution in [1.29, 1.82) is 0 Å². The monoisotopic (exact) mass is 502 g/mol. The minimum atomic E-state index is -1.74. The molecule has 7 heteroatoms. The Labute approximate surface area is 191 Å². The number of thiazole rings is 1. The Bertz CT molecular complexity index is 682. The van der Waals surface area contributed by atoms with Crippen LogP contribution in [0, 0.1) is 0 Å². The van der Waals surface area contributed by atoms with Crippen LogP contribution in [0.25, 0.3) is 0 Å². The molecule has 1 fully saturated rings. The van der Waals surface area contributed by atoms with Crippen molar-refractivity contribution in [2.24, 2.45) is 0 Å². The molecule has 0 saturated carbocycles. The van der Waals surface area contributed by atoms with Gasteiger partial charge in [-0.2, -0.15) is 0 Å². The summed E-state index contributed by atoms with van der Waals surface area (Å²) >= 11 is 5.74. The lowest BCUT2D eigenvalue weighted by molar-refractivity contribution is 0.0205. The second-order valence-corrected chi connectivity index (χ2v) is 18.3. The first-order valence-corrected chi connectivity index (χ1v) is 14.8. The first kappa shape index (κ1) is 24.9. The Morgan fingerprint density at radius 2 is 1.59 bits per heavy atom. The lowest BCUT2D eigenvalue weighted by Gasteiger charge is -2.41. The molecule has 2 heterocycles. The van der Waals surface area contributed by atoms with Gasteiger partial charge in [0.25, 0.3) is 0 Å². The summed E-state index contributed by atoms with van der Waals surface area (Å²) in [6.07, 6.45) is 1.75. The molecule has 0 aromatic carbocycles. The van der Waals surface area contributed by atoms with Gasteiger partial charge in [-0.1, -0.05) is 41.5 Å². The Balaban J connectivity index is 2.21. The molecule has 0 unspecified atom stereocenters. The Morgan fingerprint density at radius 3 is 2.00 bits per heavy atom. The molecule has 166 valence electrons. The van der Waals surface area contributed by atoms with Crippen LogP contribution in [0.15, 0.2) is 4.60 Å². The van der Waals surface area contributed by atoms with Gasteiger partial charge in [-0.05, 0) is 72.1 Å². The first-order chi connectivity index (χ1) is 13.3. The molecule has 0 atom stereocenters. The summed E-state index contributed by atoms with van der Waals surface area (Å²) in [6.45, 7) is 21.6. The summed E-state index contributed by atoms with van der Waals surface area (Å²) < 4.78 is 7.97. The standard InChI is InChI=1S/C22H39BrN2O2SSi/c1-14(2)29(15(3)4,16(5)6)20-24-19(23)18(28-20)17-10-12-25(13-11-17)21(26)27-22(7,8)9/h14-17H,10-13H2,1-9H3. The highest BCUT2D eigenvalue weighted by molar-refractivity contribution is 9.10. The Kier molecular flexibility index (Phi) is 8.05. The molecule has 1 aliphatic rings. The number of aromatic nitrogens is 1. The van der Waals surface area contributed by atoms with Crippen LogP contribution in [-0.4, -0.2) is 42.7 Å². The first-order valence-electron chi connectivity index (χ1n) is 10.9. The number of amides is 1. The normalized spacial score (nSPS) is 16.9. The van der Waals surface area contributed by atoms with E-state index in [1.165, 1.54) is 9.51 Å². The number of rotatable bonds is 5. The molecule has 1 amide bonds. The molecule has 0 aliphatic carbocycles. The van der Waals surface area contributed by atoms with Gasteiger partial charge in [0.05, 0.1) is 4.63 Å². The van der Waals surface area contributed by atoms with Crippen LogP contribution in [0.2, 0.25) is 16.6 Å². The van der Waals surface area contributed by atoms with Gasteiger partial charge in [0.2, 0.25) is 0 Å². The van der Waals surface area contributed by atoms with Gasteiger partial charge in [0, 0.05) is 18.0 Å². The average molecular weight is 504 g/mol. The van der Waals surface area contributed by atoms with Gasteiger partial charge in [-0.15, -0.1) is 11.3 Å². The van der Waals surface area contributed by atoms with E-state index in [2.05, 4.69) is 57.5 Å². The number of halogens is 1. The summed E-state index contributed by atoms with van der Waals surface area (Å²) in [4.78, 5) is 20.7. The predicted octanol–water partition coefficient (Wildman–Crippen LogP) is 6.91. The smallest absolute Gasteiger partial charge is 0.410 e. The van der Waals surface area contributed by atoms with E-state index in [-0.39, 0.29) is 6.09 Å². The zero-order valence-electron chi connectivity index (χ0n) is 19.6. The third kappa shape index (κ3) is 5.27. The fourth-order valence-corrected chi connectivity index (χ4v) is 16.0. The molecule has 0 spiro atoms. The van der Waals surface area contributed by atoms with Crippen LogP contribution in [0.5, 0.6) is 0 Å². The maximum absolute atomic E-state index is 12.4. The largest absolute Gasteiger partial charge is 0.444 e. The SMILES string of the molecule is CC(C)[Si](c1nc(Br)c(C2CCN(C(=O)OC(C)(C)C)CC2)s1)(C(C)C)C(C)C. The minimum Gasteiger partial charge on any atom is -0.444 e. The molecule has 1 aromatic heterocycles. The Morgan fingerprint density at radius 1 is 1.10 bits per heavy atom. The van der Waals surface area contributed by atoms with Gasteiger partial charge in [-0.3, -0.25) is 0 Å². The molecular formula is C22H39BrN2O2SSi. The molecule has 2 rings (SSSR count). The van der Waals surface area contributed by atoms with Crippen LogP contribution in [0.3, 0.4) is 0 Å². The van der Waals surface area contributed by atoms with Crippen LogP contribution in [-0.2, 0) is 4.74 Å². The van der Waals surface area contributed by atoms with Crippen LogP contribution in [0.4, 0.5) is 4.79 Å². The lowest BCUT2D eigenvalue weighted by Crippen LogP contribution is -2.55. The number of hydrogen-bond acceptors (Lipinski definition) is 4. The predicted molar refractivity (Wildman–Crippen MR) is 130 cm³/mol. The molecule has 1 saturated heterocycles. The van der Waals surface area contributed by atoms with Crippen molar-refractivity contribution in [3.63, 3.8) is 0 Å². The van der Waals surface area contributed by atoms with Gasteiger partial charge < -0.3 is 9.64 Å². The van der Waals surface area contributed by atoms with E-state index in [0.717, 1.165) is 30.5 Å². The second kappa shape index (κ2) is 9.39. The zero-order valence-corrected chi connectivity index (χ0v) is 23.0. The number of ether oxygens (including phenoxy) is 1. The van der Waals surface area contributed by atoms with E-state index < -0.39 is 13.7 Å². The highest BCUT2D eigenvalue weighted by Gasteiger charge is 2.47. The lowest BCUT2D eigenvalue weighted by atomic mass is 9.96. The van der Waals surface area contributed by atoms with Crippen molar-refractivity contribution in [2.75, 3.05) is 13.1 Å². The molecule has 1 aromatic rings. The van der Waals surface area contributed by atoms with Gasteiger partial charge in [-0.25, -0.2) is 9.78 Å². The van der Waals surface area contributed by atoms with Gasteiger partial charge >= 0.3 is 6.09 Å². The van der Waals surface area contributed by atoms with Crippen molar-refractivity contribution in [3.8, 4) is 0 Å². The molecule has 0 bridgehead atoms. The summed E-state index contributed by atoms with van der Waals surface area (Å²) in [5.41, 5.74) is 1.52. The third-order valence-corrected chi connectivity index (χ3v) is 16.2. The summed E-state index contributed by atoms with van der Waals surface area (Å²) in [5.74, 6) is 0.465. The van der Waals surface area contributed by atoms with E-state index in [0.29, 0.717) is 22.5 Å². The minimum absolute atomic E-state index is 0.189. The second-order valence-electron chi connectivity index (χ2n) is 10.3. The van der Waals surface area contributed by atoms with Crippen LogP contribution < -0.4 is 4.63 Å². The Hall–Kier alpha value is -0.403. The molecular weight excluding hydrogens is 464 g/mol. The van der Waals surface area contributed by atoms with E-state index in [1.54, 1.807) is 0 Å². The topological polar surface area (TPSA) is 42.4 Å². The molecule has 29 heavy (non-hydrogen) atoms. The van der Waals surface area contributed by atoms with Gasteiger partial charge in [0.15, 0.2) is 0 Å². The maximum atomic E-state index is 12.4. The van der Waals surface area contributed by atoms with E-state index in [1.807, 2.05) is 37.0 Å². The van der Waals surface area contributed by atoms with Crippen molar-refractivity contribution >= 4 is 46.1 Å². The van der Waals surface area contributed by atoms with Crippen molar-refractivity contribution < 1.29 is 9.53 Å². The quantitative estimate of drug-likeness (QED) is 0.410. The van der Waals surface area contributed by atoms with E-state index in [4.69, 9.17) is 9.72 Å². The number of carbonyl (C=O) groups is 1.